The van der Waals surface area contributed by atoms with Crippen LogP contribution in [0.1, 0.15) is 20.3 Å². The van der Waals surface area contributed by atoms with Gasteiger partial charge in [-0.05, 0) is 20.3 Å². The average molecular weight is 292 g/mol. The van der Waals surface area contributed by atoms with Crippen LogP contribution in [0.15, 0.2) is 0 Å². The molecule has 1 heterocycles. The highest BCUT2D eigenvalue weighted by molar-refractivity contribution is 7.91. The molecule has 1 unspecified atom stereocenters. The average Bonchev–Trinajstić information content (AvgIpc) is 2.65. The van der Waals surface area contributed by atoms with Crippen LogP contribution in [0.25, 0.3) is 0 Å². The van der Waals surface area contributed by atoms with Crippen molar-refractivity contribution in [3.63, 3.8) is 0 Å². The summed E-state index contributed by atoms with van der Waals surface area (Å²) in [5, 5.41) is 11.5. The highest BCUT2D eigenvalue weighted by atomic mass is 32.2. The van der Waals surface area contributed by atoms with Crippen LogP contribution in [0, 0.1) is 0 Å². The maximum absolute atomic E-state index is 11.9. The molecule has 0 spiro atoms. The van der Waals surface area contributed by atoms with Gasteiger partial charge in [0.2, 0.25) is 5.91 Å². The second-order valence-electron chi connectivity index (χ2n) is 5.35. The molecule has 1 saturated heterocycles. The summed E-state index contributed by atoms with van der Waals surface area (Å²) in [6.07, 6.45) is 0.437. The van der Waals surface area contributed by atoms with E-state index in [9.17, 15) is 18.0 Å². The Bertz CT molecular complexity index is 471. The molecule has 0 aromatic carbocycles. The first-order valence-corrected chi connectivity index (χ1v) is 7.82. The van der Waals surface area contributed by atoms with E-state index in [1.807, 2.05) is 0 Å². The first-order chi connectivity index (χ1) is 8.55. The molecule has 1 fully saturated rings. The van der Waals surface area contributed by atoms with E-state index in [4.69, 9.17) is 5.11 Å². The lowest BCUT2D eigenvalue weighted by Crippen LogP contribution is -2.52. The standard InChI is InChI=1S/C11H20N2O5S/c1-11(2,10(15)16)12-6-9(14)13(3)8-4-5-19(17,18)7-8/h8,12H,4-7H2,1-3H3,(H,15,16). The van der Waals surface area contributed by atoms with E-state index in [-0.39, 0.29) is 30.0 Å². The number of aliphatic carboxylic acids is 1. The van der Waals surface area contributed by atoms with Gasteiger partial charge in [-0.25, -0.2) is 8.42 Å². The van der Waals surface area contributed by atoms with Crippen molar-refractivity contribution in [2.45, 2.75) is 31.8 Å². The van der Waals surface area contributed by atoms with Crippen molar-refractivity contribution in [3.8, 4) is 0 Å². The smallest absolute Gasteiger partial charge is 0.323 e. The third-order valence-electron chi connectivity index (χ3n) is 3.37. The van der Waals surface area contributed by atoms with E-state index >= 15 is 0 Å². The minimum Gasteiger partial charge on any atom is -0.480 e. The van der Waals surface area contributed by atoms with Gasteiger partial charge in [0.1, 0.15) is 5.54 Å². The Morgan fingerprint density at radius 1 is 1.42 bits per heavy atom. The van der Waals surface area contributed by atoms with E-state index in [1.54, 1.807) is 7.05 Å². The normalized spacial score (nSPS) is 22.2. The zero-order chi connectivity index (χ0) is 14.8. The van der Waals surface area contributed by atoms with Crippen LogP contribution in [0.3, 0.4) is 0 Å². The number of hydrogen-bond donors (Lipinski definition) is 2. The second kappa shape index (κ2) is 5.46. The summed E-state index contributed by atoms with van der Waals surface area (Å²) in [6.45, 7) is 2.79. The molecule has 1 aliphatic heterocycles. The minimum atomic E-state index is -3.04. The first kappa shape index (κ1) is 15.9. The van der Waals surface area contributed by atoms with E-state index in [0.29, 0.717) is 6.42 Å². The number of carbonyl (C=O) groups excluding carboxylic acids is 1. The Balaban J connectivity index is 2.53. The summed E-state index contributed by atoms with van der Waals surface area (Å²) in [7, 11) is -1.49. The lowest BCUT2D eigenvalue weighted by atomic mass is 10.1. The number of carbonyl (C=O) groups is 2. The Kier molecular flexibility index (Phi) is 4.57. The minimum absolute atomic E-state index is 0.0163. The van der Waals surface area contributed by atoms with Crippen LogP contribution >= 0.6 is 0 Å². The topological polar surface area (TPSA) is 104 Å². The van der Waals surface area contributed by atoms with E-state index in [1.165, 1.54) is 18.7 Å². The van der Waals surface area contributed by atoms with Gasteiger partial charge in [0.25, 0.3) is 0 Å². The largest absolute Gasteiger partial charge is 0.480 e. The fourth-order valence-electron chi connectivity index (χ4n) is 1.78. The molecular weight excluding hydrogens is 272 g/mol. The summed E-state index contributed by atoms with van der Waals surface area (Å²) in [6, 6.07) is -0.313. The Morgan fingerprint density at radius 3 is 2.42 bits per heavy atom. The van der Waals surface area contributed by atoms with Crippen molar-refractivity contribution < 1.29 is 23.1 Å². The van der Waals surface area contributed by atoms with Crippen molar-refractivity contribution in [1.82, 2.24) is 10.2 Å². The summed E-state index contributed by atoms with van der Waals surface area (Å²) in [4.78, 5) is 24.1. The number of likely N-dealkylation sites (N-methyl/N-ethyl adjacent to an activating group) is 1. The van der Waals surface area contributed by atoms with Crippen molar-refractivity contribution in [3.05, 3.63) is 0 Å². The van der Waals surface area contributed by atoms with Gasteiger partial charge < -0.3 is 10.0 Å². The highest BCUT2D eigenvalue weighted by Crippen LogP contribution is 2.16. The second-order valence-corrected chi connectivity index (χ2v) is 7.57. The van der Waals surface area contributed by atoms with Gasteiger partial charge >= 0.3 is 5.97 Å². The molecule has 1 aliphatic rings. The number of rotatable bonds is 5. The Hall–Kier alpha value is -1.15. The molecule has 110 valence electrons. The fourth-order valence-corrected chi connectivity index (χ4v) is 3.56. The molecule has 1 rings (SSSR count). The molecule has 0 aliphatic carbocycles. The number of amides is 1. The summed E-state index contributed by atoms with van der Waals surface area (Å²) >= 11 is 0. The highest BCUT2D eigenvalue weighted by Gasteiger charge is 2.33. The van der Waals surface area contributed by atoms with Crippen LogP contribution in [-0.4, -0.2) is 67.0 Å². The number of sulfone groups is 1. The zero-order valence-electron chi connectivity index (χ0n) is 11.3. The first-order valence-electron chi connectivity index (χ1n) is 6.00. The summed E-state index contributed by atoms with van der Waals surface area (Å²) in [5.74, 6) is -1.27. The predicted octanol–water partition coefficient (Wildman–Crippen LogP) is -0.915. The van der Waals surface area contributed by atoms with Crippen LogP contribution in [0.4, 0.5) is 0 Å². The summed E-state index contributed by atoms with van der Waals surface area (Å²) in [5.41, 5.74) is -1.20. The maximum Gasteiger partial charge on any atom is 0.323 e. The Morgan fingerprint density at radius 2 is 2.00 bits per heavy atom. The number of nitrogens with one attached hydrogen (secondary N) is 1. The van der Waals surface area contributed by atoms with Gasteiger partial charge in [0, 0.05) is 13.1 Å². The van der Waals surface area contributed by atoms with Gasteiger partial charge in [-0.15, -0.1) is 0 Å². The van der Waals surface area contributed by atoms with Gasteiger partial charge in [0.05, 0.1) is 18.1 Å². The number of nitrogens with zero attached hydrogens (tertiary/aromatic N) is 1. The lowest BCUT2D eigenvalue weighted by Gasteiger charge is -2.26. The van der Waals surface area contributed by atoms with Gasteiger partial charge in [0.15, 0.2) is 9.84 Å². The summed E-state index contributed by atoms with van der Waals surface area (Å²) < 4.78 is 22.7. The molecular formula is C11H20N2O5S. The maximum atomic E-state index is 11.9. The molecule has 2 N–H and O–H groups in total. The molecule has 0 radical (unpaired) electrons. The molecule has 0 saturated carbocycles. The van der Waals surface area contributed by atoms with Crippen molar-refractivity contribution in [1.29, 1.82) is 0 Å². The third-order valence-corrected chi connectivity index (χ3v) is 5.12. The van der Waals surface area contributed by atoms with Crippen molar-refractivity contribution in [2.24, 2.45) is 0 Å². The van der Waals surface area contributed by atoms with Gasteiger partial charge in [-0.2, -0.15) is 0 Å². The van der Waals surface area contributed by atoms with Crippen LogP contribution in [-0.2, 0) is 19.4 Å². The number of hydrogen-bond acceptors (Lipinski definition) is 5. The monoisotopic (exact) mass is 292 g/mol. The molecule has 7 nitrogen and oxygen atoms in total. The third kappa shape index (κ3) is 4.17. The lowest BCUT2D eigenvalue weighted by molar-refractivity contribution is -0.143. The zero-order valence-corrected chi connectivity index (χ0v) is 12.2. The molecule has 1 atom stereocenters. The van der Waals surface area contributed by atoms with E-state index < -0.39 is 21.3 Å². The molecule has 0 aromatic rings. The number of carboxylic acids is 1. The van der Waals surface area contributed by atoms with E-state index in [0.717, 1.165) is 0 Å². The molecule has 0 bridgehead atoms. The van der Waals surface area contributed by atoms with Crippen molar-refractivity contribution >= 4 is 21.7 Å². The van der Waals surface area contributed by atoms with Crippen LogP contribution in [0.2, 0.25) is 0 Å². The van der Waals surface area contributed by atoms with Crippen LogP contribution in [0.5, 0.6) is 0 Å². The molecule has 0 aromatic heterocycles. The van der Waals surface area contributed by atoms with E-state index in [2.05, 4.69) is 5.32 Å². The Labute approximate surface area is 112 Å². The van der Waals surface area contributed by atoms with Crippen LogP contribution < -0.4 is 5.32 Å². The van der Waals surface area contributed by atoms with Gasteiger partial charge in [-0.1, -0.05) is 0 Å². The SMILES string of the molecule is CN(C(=O)CNC(C)(C)C(=O)O)C1CCS(=O)(=O)C1. The fraction of sp³-hybridized carbons (Fsp3) is 0.818. The number of carboxylic acid groups (broad SMARTS) is 1. The van der Waals surface area contributed by atoms with Gasteiger partial charge in [-0.3, -0.25) is 14.9 Å². The molecule has 19 heavy (non-hydrogen) atoms. The quantitative estimate of drug-likeness (QED) is 0.679. The molecule has 1 amide bonds. The molecule has 8 heteroatoms. The van der Waals surface area contributed by atoms with Crippen molar-refractivity contribution in [2.75, 3.05) is 25.1 Å². The predicted molar refractivity (Wildman–Crippen MR) is 69.5 cm³/mol.